The number of aromatic amines is 1. The van der Waals surface area contributed by atoms with Gasteiger partial charge in [-0.25, -0.2) is 23.7 Å². The number of para-hydroxylation sites is 2. The van der Waals surface area contributed by atoms with Gasteiger partial charge in [-0.2, -0.15) is 0 Å². The lowest BCUT2D eigenvalue weighted by Crippen LogP contribution is -2.23. The number of hydrogen-bond donors (Lipinski definition) is 2. The summed E-state index contributed by atoms with van der Waals surface area (Å²) < 4.78 is 25.8. The minimum atomic E-state index is -2.70. The van der Waals surface area contributed by atoms with Crippen LogP contribution in [0.3, 0.4) is 0 Å². The molecule has 1 saturated heterocycles. The lowest BCUT2D eigenvalue weighted by atomic mass is 10.2. The van der Waals surface area contributed by atoms with Crippen LogP contribution < -0.4 is 10.2 Å². The number of H-pyrrole nitrogens is 1. The van der Waals surface area contributed by atoms with Crippen molar-refractivity contribution in [2.75, 3.05) is 23.3 Å². The van der Waals surface area contributed by atoms with Crippen molar-refractivity contribution in [3.63, 3.8) is 0 Å². The van der Waals surface area contributed by atoms with Crippen molar-refractivity contribution in [3.05, 3.63) is 53.9 Å². The van der Waals surface area contributed by atoms with Crippen molar-refractivity contribution < 1.29 is 13.6 Å². The molecule has 1 fully saturated rings. The Bertz CT molecular complexity index is 1250. The summed E-state index contributed by atoms with van der Waals surface area (Å²) in [7, 11) is 0. The standard InChI is InChI=1S/C21H18F2N6O/c22-17(23)18-24-15-8-7-12(11-16(15)26-18)21(30)28-19-20(29-9-3-4-10-29)27-14-6-2-1-5-13(14)25-19/h1-2,5-8,11,17H,3-4,9-10H2,(H,24,26)(H,25,28,30). The first-order chi connectivity index (χ1) is 14.6. The molecule has 2 aromatic heterocycles. The number of carbonyl (C=O) groups excluding carboxylic acids is 1. The van der Waals surface area contributed by atoms with Gasteiger partial charge in [0, 0.05) is 18.7 Å². The summed E-state index contributed by atoms with van der Waals surface area (Å²) >= 11 is 0. The number of halogens is 2. The van der Waals surface area contributed by atoms with Crippen LogP contribution in [-0.4, -0.2) is 38.9 Å². The molecule has 0 saturated carbocycles. The van der Waals surface area contributed by atoms with Crippen LogP contribution in [0.25, 0.3) is 22.1 Å². The summed E-state index contributed by atoms with van der Waals surface area (Å²) in [6.07, 6.45) is -0.582. The van der Waals surface area contributed by atoms with Gasteiger partial charge in [-0.15, -0.1) is 0 Å². The molecule has 30 heavy (non-hydrogen) atoms. The quantitative estimate of drug-likeness (QED) is 0.526. The number of carbonyl (C=O) groups is 1. The molecule has 0 spiro atoms. The summed E-state index contributed by atoms with van der Waals surface area (Å²) in [6.45, 7) is 1.71. The van der Waals surface area contributed by atoms with E-state index in [0.29, 0.717) is 33.7 Å². The Balaban J connectivity index is 1.50. The summed E-state index contributed by atoms with van der Waals surface area (Å²) in [4.78, 5) is 30.8. The third-order valence-corrected chi connectivity index (χ3v) is 5.16. The Morgan fingerprint density at radius 3 is 2.47 bits per heavy atom. The Hall–Kier alpha value is -3.62. The lowest BCUT2D eigenvalue weighted by Gasteiger charge is -2.20. The molecule has 5 rings (SSSR count). The second-order valence-corrected chi connectivity index (χ2v) is 7.19. The molecule has 1 amide bonds. The largest absolute Gasteiger partial charge is 0.354 e. The highest BCUT2D eigenvalue weighted by Gasteiger charge is 2.21. The first-order valence-corrected chi connectivity index (χ1v) is 9.69. The molecular formula is C21H18F2N6O. The summed E-state index contributed by atoms with van der Waals surface area (Å²) in [6, 6.07) is 12.1. The third kappa shape index (κ3) is 3.32. The van der Waals surface area contributed by atoms with Crippen molar-refractivity contribution >= 4 is 39.6 Å². The summed E-state index contributed by atoms with van der Waals surface area (Å²) in [5.74, 6) is 0.218. The maximum atomic E-state index is 12.9. The van der Waals surface area contributed by atoms with E-state index in [1.165, 1.54) is 6.07 Å². The number of nitrogens with zero attached hydrogens (tertiary/aromatic N) is 4. The molecule has 2 N–H and O–H groups in total. The fraction of sp³-hybridized carbons (Fsp3) is 0.238. The van der Waals surface area contributed by atoms with Crippen LogP contribution in [-0.2, 0) is 0 Å². The molecule has 9 heteroatoms. The minimum absolute atomic E-state index is 0.314. The van der Waals surface area contributed by atoms with Gasteiger partial charge < -0.3 is 15.2 Å². The Kier molecular flexibility index (Phi) is 4.50. The lowest BCUT2D eigenvalue weighted by molar-refractivity contribution is 0.102. The summed E-state index contributed by atoms with van der Waals surface area (Å²) in [5.41, 5.74) is 2.51. The van der Waals surface area contributed by atoms with Gasteiger partial charge in [-0.05, 0) is 43.2 Å². The van der Waals surface area contributed by atoms with Crippen LogP contribution >= 0.6 is 0 Å². The Morgan fingerprint density at radius 1 is 1.00 bits per heavy atom. The van der Waals surface area contributed by atoms with Gasteiger partial charge in [0.2, 0.25) is 0 Å². The Morgan fingerprint density at radius 2 is 1.73 bits per heavy atom. The van der Waals surface area contributed by atoms with Gasteiger partial charge in [0.1, 0.15) is 0 Å². The smallest absolute Gasteiger partial charge is 0.295 e. The molecule has 2 aromatic carbocycles. The van der Waals surface area contributed by atoms with Crippen molar-refractivity contribution in [1.82, 2.24) is 19.9 Å². The molecule has 3 heterocycles. The van der Waals surface area contributed by atoms with E-state index in [1.54, 1.807) is 12.1 Å². The number of aromatic nitrogens is 4. The maximum Gasteiger partial charge on any atom is 0.295 e. The zero-order valence-electron chi connectivity index (χ0n) is 15.9. The van der Waals surface area contributed by atoms with Gasteiger partial charge in [-0.1, -0.05) is 12.1 Å². The molecule has 1 aliphatic rings. The minimum Gasteiger partial charge on any atom is -0.354 e. The first-order valence-electron chi connectivity index (χ1n) is 9.69. The fourth-order valence-corrected chi connectivity index (χ4v) is 3.68. The molecule has 0 radical (unpaired) electrons. The number of anilines is 2. The predicted molar refractivity (Wildman–Crippen MR) is 110 cm³/mol. The van der Waals surface area contributed by atoms with Crippen molar-refractivity contribution in [2.45, 2.75) is 19.3 Å². The van der Waals surface area contributed by atoms with Gasteiger partial charge in [0.25, 0.3) is 12.3 Å². The molecule has 4 aromatic rings. The van der Waals surface area contributed by atoms with Crippen LogP contribution in [0, 0.1) is 0 Å². The van der Waals surface area contributed by atoms with Crippen molar-refractivity contribution in [3.8, 4) is 0 Å². The molecule has 0 unspecified atom stereocenters. The van der Waals surface area contributed by atoms with Crippen LogP contribution in [0.4, 0.5) is 20.4 Å². The monoisotopic (exact) mass is 408 g/mol. The fourth-order valence-electron chi connectivity index (χ4n) is 3.68. The number of alkyl halides is 2. The highest BCUT2D eigenvalue weighted by Crippen LogP contribution is 2.28. The zero-order chi connectivity index (χ0) is 20.7. The van der Waals surface area contributed by atoms with E-state index in [2.05, 4.69) is 25.2 Å². The Labute approximate surface area is 170 Å². The van der Waals surface area contributed by atoms with Gasteiger partial charge >= 0.3 is 0 Å². The van der Waals surface area contributed by atoms with E-state index >= 15 is 0 Å². The molecule has 7 nitrogen and oxygen atoms in total. The van der Waals surface area contributed by atoms with Crippen molar-refractivity contribution in [1.29, 1.82) is 0 Å². The first kappa shape index (κ1) is 18.4. The van der Waals surface area contributed by atoms with Crippen molar-refractivity contribution in [2.24, 2.45) is 0 Å². The normalized spacial score (nSPS) is 14.2. The molecule has 0 aliphatic carbocycles. The van der Waals surface area contributed by atoms with Crippen LogP contribution in [0.2, 0.25) is 0 Å². The SMILES string of the molecule is O=C(Nc1nc2ccccc2nc1N1CCCC1)c1ccc2nc(C(F)F)[nH]c2c1. The summed E-state index contributed by atoms with van der Waals surface area (Å²) in [5, 5.41) is 2.85. The number of imidazole rings is 1. The zero-order valence-corrected chi connectivity index (χ0v) is 15.9. The number of fused-ring (bicyclic) bond motifs is 2. The average Bonchev–Trinajstić information content (AvgIpc) is 3.42. The van der Waals surface area contributed by atoms with Gasteiger partial charge in [-0.3, -0.25) is 4.79 Å². The molecule has 1 aliphatic heterocycles. The van der Waals surface area contributed by atoms with Crippen LogP contribution in [0.15, 0.2) is 42.5 Å². The van der Waals surface area contributed by atoms with E-state index in [0.717, 1.165) is 31.4 Å². The number of rotatable bonds is 4. The van der Waals surface area contributed by atoms with E-state index in [9.17, 15) is 13.6 Å². The van der Waals surface area contributed by atoms with Gasteiger partial charge in [0.15, 0.2) is 17.5 Å². The van der Waals surface area contributed by atoms with E-state index in [1.807, 2.05) is 24.3 Å². The average molecular weight is 408 g/mol. The molecule has 0 bridgehead atoms. The van der Waals surface area contributed by atoms with Crippen LogP contribution in [0.1, 0.15) is 35.4 Å². The topological polar surface area (TPSA) is 86.8 Å². The predicted octanol–water partition coefficient (Wildman–Crippen LogP) is 4.30. The third-order valence-electron chi connectivity index (χ3n) is 5.16. The van der Waals surface area contributed by atoms with E-state index in [4.69, 9.17) is 4.98 Å². The van der Waals surface area contributed by atoms with Crippen LogP contribution in [0.5, 0.6) is 0 Å². The number of nitrogens with one attached hydrogen (secondary N) is 2. The second kappa shape index (κ2) is 7.33. The number of benzene rings is 2. The van der Waals surface area contributed by atoms with Gasteiger partial charge in [0.05, 0.1) is 22.1 Å². The number of hydrogen-bond acceptors (Lipinski definition) is 5. The highest BCUT2D eigenvalue weighted by molar-refractivity contribution is 6.07. The molecule has 0 atom stereocenters. The molecular weight excluding hydrogens is 390 g/mol. The molecule has 152 valence electrons. The number of amides is 1. The van der Waals surface area contributed by atoms with E-state index in [-0.39, 0.29) is 0 Å². The maximum absolute atomic E-state index is 12.9. The highest BCUT2D eigenvalue weighted by atomic mass is 19.3. The van der Waals surface area contributed by atoms with E-state index < -0.39 is 18.2 Å². The second-order valence-electron chi connectivity index (χ2n) is 7.19.